The predicted octanol–water partition coefficient (Wildman–Crippen LogP) is 1.60. The lowest BCUT2D eigenvalue weighted by Crippen LogP contribution is -2.39. The Morgan fingerprint density at radius 1 is 1.50 bits per heavy atom. The number of hydrogen-bond donors (Lipinski definition) is 2. The smallest absolute Gasteiger partial charge is 0.126 e. The van der Waals surface area contributed by atoms with Crippen LogP contribution < -0.4 is 10.6 Å². The van der Waals surface area contributed by atoms with Crippen molar-refractivity contribution in [3.63, 3.8) is 0 Å². The van der Waals surface area contributed by atoms with Gasteiger partial charge in [0, 0.05) is 19.6 Å². The highest BCUT2D eigenvalue weighted by atomic mass is 19.1. The summed E-state index contributed by atoms with van der Waals surface area (Å²) in [5.41, 5.74) is 1.82. The maximum absolute atomic E-state index is 13.1. The second-order valence-corrected chi connectivity index (χ2v) is 4.75. The van der Waals surface area contributed by atoms with E-state index in [0.717, 1.165) is 44.8 Å². The number of aryl methyl sites for hydroxylation is 1. The summed E-state index contributed by atoms with van der Waals surface area (Å²) >= 11 is 0. The summed E-state index contributed by atoms with van der Waals surface area (Å²) in [5, 5.41) is 6.68. The fraction of sp³-hybridized carbons (Fsp3) is 0.571. The molecule has 1 saturated heterocycles. The van der Waals surface area contributed by atoms with Gasteiger partial charge in [0.2, 0.25) is 0 Å². The highest BCUT2D eigenvalue weighted by Crippen LogP contribution is 2.09. The third-order valence-corrected chi connectivity index (χ3v) is 3.20. The molecule has 2 rings (SSSR count). The molecule has 0 aromatic heterocycles. The Kier molecular flexibility index (Phi) is 5.11. The van der Waals surface area contributed by atoms with Crippen LogP contribution in [-0.2, 0) is 11.3 Å². The lowest BCUT2D eigenvalue weighted by atomic mass is 10.1. The van der Waals surface area contributed by atoms with Gasteiger partial charge in [0.05, 0.1) is 12.7 Å². The Labute approximate surface area is 108 Å². The van der Waals surface area contributed by atoms with Gasteiger partial charge in [-0.3, -0.25) is 0 Å². The molecule has 0 radical (unpaired) electrons. The molecule has 0 amide bonds. The van der Waals surface area contributed by atoms with Crippen molar-refractivity contribution in [2.75, 3.05) is 26.2 Å². The molecule has 3 nitrogen and oxygen atoms in total. The molecule has 0 bridgehead atoms. The van der Waals surface area contributed by atoms with Crippen molar-refractivity contribution in [3.8, 4) is 0 Å². The number of nitrogens with one attached hydrogen (secondary N) is 2. The molecule has 2 N–H and O–H groups in total. The molecule has 1 aromatic rings. The Morgan fingerprint density at radius 2 is 2.39 bits per heavy atom. The van der Waals surface area contributed by atoms with Crippen molar-refractivity contribution >= 4 is 0 Å². The fourth-order valence-corrected chi connectivity index (χ4v) is 2.12. The van der Waals surface area contributed by atoms with Gasteiger partial charge in [-0.2, -0.15) is 0 Å². The van der Waals surface area contributed by atoms with E-state index in [4.69, 9.17) is 4.74 Å². The first-order chi connectivity index (χ1) is 8.75. The molecule has 0 saturated carbocycles. The molecule has 1 fully saturated rings. The average Bonchev–Trinajstić information content (AvgIpc) is 2.40. The van der Waals surface area contributed by atoms with Crippen LogP contribution in [0.4, 0.5) is 4.39 Å². The predicted molar refractivity (Wildman–Crippen MR) is 70.1 cm³/mol. The van der Waals surface area contributed by atoms with Crippen LogP contribution >= 0.6 is 0 Å². The summed E-state index contributed by atoms with van der Waals surface area (Å²) in [4.78, 5) is 0. The van der Waals surface area contributed by atoms with Crippen molar-refractivity contribution in [1.82, 2.24) is 10.6 Å². The average molecular weight is 252 g/mol. The highest BCUT2D eigenvalue weighted by Gasteiger charge is 2.12. The first-order valence-corrected chi connectivity index (χ1v) is 6.54. The van der Waals surface area contributed by atoms with E-state index >= 15 is 0 Å². The summed E-state index contributed by atoms with van der Waals surface area (Å²) in [6, 6.07) is 5.25. The molecule has 1 aromatic carbocycles. The van der Waals surface area contributed by atoms with Crippen molar-refractivity contribution in [2.45, 2.75) is 26.0 Å². The second kappa shape index (κ2) is 6.83. The Morgan fingerprint density at radius 3 is 3.11 bits per heavy atom. The third-order valence-electron chi connectivity index (χ3n) is 3.20. The molecule has 0 spiro atoms. The van der Waals surface area contributed by atoms with Gasteiger partial charge in [0.25, 0.3) is 0 Å². The van der Waals surface area contributed by atoms with Gasteiger partial charge in [-0.25, -0.2) is 4.39 Å². The molecule has 1 aliphatic heterocycles. The van der Waals surface area contributed by atoms with Crippen LogP contribution in [0, 0.1) is 12.7 Å². The largest absolute Gasteiger partial charge is 0.376 e. The van der Waals surface area contributed by atoms with Crippen LogP contribution in [0.2, 0.25) is 0 Å². The van der Waals surface area contributed by atoms with E-state index in [0.29, 0.717) is 11.7 Å². The molecule has 1 aliphatic rings. The van der Waals surface area contributed by atoms with Crippen LogP contribution in [0.3, 0.4) is 0 Å². The zero-order chi connectivity index (χ0) is 12.8. The molecule has 100 valence electrons. The lowest BCUT2D eigenvalue weighted by molar-refractivity contribution is 0.0238. The zero-order valence-corrected chi connectivity index (χ0v) is 10.8. The lowest BCUT2D eigenvalue weighted by Gasteiger charge is -2.23. The number of rotatable bonds is 5. The summed E-state index contributed by atoms with van der Waals surface area (Å²) in [6.45, 7) is 6.20. The van der Waals surface area contributed by atoms with Gasteiger partial charge in [-0.05, 0) is 37.1 Å². The van der Waals surface area contributed by atoms with Gasteiger partial charge in [-0.1, -0.05) is 12.1 Å². The molecular formula is C14H21FN2O. The van der Waals surface area contributed by atoms with E-state index in [9.17, 15) is 4.39 Å². The van der Waals surface area contributed by atoms with Gasteiger partial charge in [-0.15, -0.1) is 0 Å². The summed E-state index contributed by atoms with van der Waals surface area (Å²) in [6.07, 6.45) is 1.33. The molecule has 0 aliphatic carbocycles. The van der Waals surface area contributed by atoms with Crippen LogP contribution in [0.25, 0.3) is 0 Å². The third kappa shape index (κ3) is 4.05. The first kappa shape index (κ1) is 13.5. The van der Waals surface area contributed by atoms with Gasteiger partial charge < -0.3 is 15.4 Å². The Balaban J connectivity index is 1.66. The SMILES string of the molecule is Cc1cc(CNCCC2CNCCO2)ccc1F. The normalized spacial score (nSPS) is 20.0. The number of ether oxygens (including phenoxy) is 1. The zero-order valence-electron chi connectivity index (χ0n) is 10.8. The number of morpholine rings is 1. The van der Waals surface area contributed by atoms with E-state index in [2.05, 4.69) is 10.6 Å². The monoisotopic (exact) mass is 252 g/mol. The maximum Gasteiger partial charge on any atom is 0.126 e. The van der Waals surface area contributed by atoms with Gasteiger partial charge >= 0.3 is 0 Å². The van der Waals surface area contributed by atoms with Crippen molar-refractivity contribution in [2.24, 2.45) is 0 Å². The summed E-state index contributed by atoms with van der Waals surface area (Å²) in [5.74, 6) is -0.138. The quantitative estimate of drug-likeness (QED) is 0.781. The van der Waals surface area contributed by atoms with Crippen LogP contribution in [0.5, 0.6) is 0 Å². The molecule has 4 heteroatoms. The molecular weight excluding hydrogens is 231 g/mol. The Bertz CT molecular complexity index is 378. The van der Waals surface area contributed by atoms with Gasteiger partial charge in [0.1, 0.15) is 5.82 Å². The standard InChI is InChI=1S/C14H21FN2O/c1-11-8-12(2-3-14(11)15)9-16-5-4-13-10-17-6-7-18-13/h2-3,8,13,16-17H,4-7,9-10H2,1H3. The number of hydrogen-bond acceptors (Lipinski definition) is 3. The van der Waals surface area contributed by atoms with E-state index in [1.54, 1.807) is 6.92 Å². The van der Waals surface area contributed by atoms with Crippen molar-refractivity contribution in [1.29, 1.82) is 0 Å². The Hall–Kier alpha value is -0.970. The summed E-state index contributed by atoms with van der Waals surface area (Å²) in [7, 11) is 0. The van der Waals surface area contributed by atoms with Crippen molar-refractivity contribution < 1.29 is 9.13 Å². The molecule has 18 heavy (non-hydrogen) atoms. The molecule has 1 unspecified atom stereocenters. The first-order valence-electron chi connectivity index (χ1n) is 6.54. The van der Waals surface area contributed by atoms with E-state index in [1.807, 2.05) is 12.1 Å². The minimum absolute atomic E-state index is 0.138. The number of halogens is 1. The minimum Gasteiger partial charge on any atom is -0.376 e. The van der Waals surface area contributed by atoms with Crippen molar-refractivity contribution in [3.05, 3.63) is 35.1 Å². The fourth-order valence-electron chi connectivity index (χ4n) is 2.12. The highest BCUT2D eigenvalue weighted by molar-refractivity contribution is 5.23. The van der Waals surface area contributed by atoms with Crippen LogP contribution in [-0.4, -0.2) is 32.3 Å². The van der Waals surface area contributed by atoms with E-state index in [1.165, 1.54) is 6.07 Å². The maximum atomic E-state index is 13.1. The summed E-state index contributed by atoms with van der Waals surface area (Å²) < 4.78 is 18.7. The molecule has 1 heterocycles. The van der Waals surface area contributed by atoms with E-state index < -0.39 is 0 Å². The van der Waals surface area contributed by atoms with Crippen LogP contribution in [0.15, 0.2) is 18.2 Å². The minimum atomic E-state index is -0.138. The molecule has 1 atom stereocenters. The second-order valence-electron chi connectivity index (χ2n) is 4.75. The van der Waals surface area contributed by atoms with Crippen LogP contribution in [0.1, 0.15) is 17.5 Å². The number of benzene rings is 1. The van der Waals surface area contributed by atoms with E-state index in [-0.39, 0.29) is 5.82 Å². The topological polar surface area (TPSA) is 33.3 Å². The van der Waals surface area contributed by atoms with Gasteiger partial charge in [0.15, 0.2) is 0 Å².